The van der Waals surface area contributed by atoms with Crippen LogP contribution in [-0.2, 0) is 0 Å². The van der Waals surface area contributed by atoms with E-state index in [1.54, 1.807) is 6.07 Å². The molecule has 1 atom stereocenters. The Labute approximate surface area is 187 Å². The summed E-state index contributed by atoms with van der Waals surface area (Å²) < 4.78 is 0. The van der Waals surface area contributed by atoms with Gasteiger partial charge in [0.15, 0.2) is 0 Å². The van der Waals surface area contributed by atoms with Gasteiger partial charge in [0.1, 0.15) is 5.75 Å². The van der Waals surface area contributed by atoms with Gasteiger partial charge in [-0.25, -0.2) is 0 Å². The maximum Gasteiger partial charge on any atom is 0.119 e. The van der Waals surface area contributed by atoms with Crippen LogP contribution in [0.4, 0.5) is 0 Å². The minimum absolute atomic E-state index is 0.369. The second-order valence-electron chi connectivity index (χ2n) is 9.20. The third-order valence-electron chi connectivity index (χ3n) is 6.17. The molecule has 0 radical (unpaired) electrons. The summed E-state index contributed by atoms with van der Waals surface area (Å²) in [5.74, 6) is 1.34. The zero-order valence-corrected chi connectivity index (χ0v) is 20.4. The lowest BCUT2D eigenvalue weighted by Gasteiger charge is -2.10. The lowest BCUT2D eigenvalue weighted by atomic mass is 9.96. The smallest absolute Gasteiger partial charge is 0.119 e. The monoisotopic (exact) mass is 412 g/mol. The van der Waals surface area contributed by atoms with Crippen LogP contribution in [0.2, 0.25) is 0 Å². The lowest BCUT2D eigenvalue weighted by Crippen LogP contribution is -1.95. The highest BCUT2D eigenvalue weighted by Gasteiger charge is 2.02. The van der Waals surface area contributed by atoms with Crippen molar-refractivity contribution in [3.05, 3.63) is 42.0 Å². The van der Waals surface area contributed by atoms with Crippen molar-refractivity contribution < 1.29 is 5.11 Å². The molecule has 0 saturated carbocycles. The van der Waals surface area contributed by atoms with E-state index < -0.39 is 0 Å². The molecule has 0 aromatic heterocycles. The molecular formula is C29H48O. The molecule has 0 spiro atoms. The highest BCUT2D eigenvalue weighted by molar-refractivity contribution is 5.84. The summed E-state index contributed by atoms with van der Waals surface area (Å²) in [6.07, 6.45) is 20.3. The Bertz CT molecular complexity index is 620. The highest BCUT2D eigenvalue weighted by atomic mass is 16.3. The van der Waals surface area contributed by atoms with Gasteiger partial charge in [0.2, 0.25) is 0 Å². The van der Waals surface area contributed by atoms with Crippen molar-refractivity contribution in [3.63, 3.8) is 0 Å². The van der Waals surface area contributed by atoms with Crippen molar-refractivity contribution in [2.45, 2.75) is 118 Å². The van der Waals surface area contributed by atoms with Crippen LogP contribution in [0.15, 0.2) is 36.4 Å². The number of fused-ring (bicyclic) bond motifs is 1. The SMILES string of the molecule is CCCCCCCCCC(C)CCCCCCC.Cc1cc2ccccc2cc1O. The molecule has 1 unspecified atom stereocenters. The zero-order chi connectivity index (χ0) is 22.0. The molecule has 0 aliphatic rings. The summed E-state index contributed by atoms with van der Waals surface area (Å²) in [4.78, 5) is 0. The predicted octanol–water partition coefficient (Wildman–Crippen LogP) is 9.98. The van der Waals surface area contributed by atoms with Crippen molar-refractivity contribution in [2.24, 2.45) is 5.92 Å². The van der Waals surface area contributed by atoms with E-state index in [-0.39, 0.29) is 0 Å². The quantitative estimate of drug-likeness (QED) is 0.306. The molecular weight excluding hydrogens is 364 g/mol. The van der Waals surface area contributed by atoms with Gasteiger partial charge in [-0.05, 0) is 41.3 Å². The van der Waals surface area contributed by atoms with Gasteiger partial charge in [0.05, 0.1) is 0 Å². The van der Waals surface area contributed by atoms with Crippen molar-refractivity contribution in [3.8, 4) is 5.75 Å². The van der Waals surface area contributed by atoms with E-state index in [0.717, 1.165) is 16.9 Å². The Kier molecular flexibility index (Phi) is 15.2. The second kappa shape index (κ2) is 17.2. The van der Waals surface area contributed by atoms with Crippen LogP contribution in [0.5, 0.6) is 5.75 Å². The minimum atomic E-state index is 0.369. The Hall–Kier alpha value is -1.50. The zero-order valence-electron chi connectivity index (χ0n) is 20.4. The number of benzene rings is 2. The van der Waals surface area contributed by atoms with Crippen LogP contribution in [0, 0.1) is 12.8 Å². The molecule has 0 aliphatic carbocycles. The summed E-state index contributed by atoms with van der Waals surface area (Å²) >= 11 is 0. The summed E-state index contributed by atoms with van der Waals surface area (Å²) in [5.41, 5.74) is 0.925. The van der Waals surface area contributed by atoms with Gasteiger partial charge in [-0.2, -0.15) is 0 Å². The van der Waals surface area contributed by atoms with Crippen molar-refractivity contribution in [2.75, 3.05) is 0 Å². The van der Waals surface area contributed by atoms with Gasteiger partial charge in [-0.1, -0.05) is 135 Å². The van der Waals surface area contributed by atoms with E-state index in [2.05, 4.69) is 20.8 Å². The van der Waals surface area contributed by atoms with Gasteiger partial charge in [-0.3, -0.25) is 0 Å². The van der Waals surface area contributed by atoms with Crippen LogP contribution in [0.1, 0.15) is 116 Å². The number of aryl methyl sites for hydroxylation is 1. The average molecular weight is 413 g/mol. The molecule has 0 heterocycles. The van der Waals surface area contributed by atoms with Gasteiger partial charge < -0.3 is 5.11 Å². The molecule has 30 heavy (non-hydrogen) atoms. The van der Waals surface area contributed by atoms with Crippen molar-refractivity contribution in [1.29, 1.82) is 0 Å². The van der Waals surface area contributed by atoms with E-state index in [4.69, 9.17) is 0 Å². The van der Waals surface area contributed by atoms with E-state index >= 15 is 0 Å². The number of phenolic OH excluding ortho intramolecular Hbond substituents is 1. The summed E-state index contributed by atoms with van der Waals surface area (Å²) in [5, 5.41) is 11.7. The molecule has 0 bridgehead atoms. The molecule has 1 heteroatoms. The molecule has 0 saturated heterocycles. The third-order valence-corrected chi connectivity index (χ3v) is 6.17. The number of unbranched alkanes of at least 4 members (excludes halogenated alkanes) is 10. The van der Waals surface area contributed by atoms with Gasteiger partial charge in [0, 0.05) is 0 Å². The normalized spacial score (nSPS) is 11.9. The largest absolute Gasteiger partial charge is 0.508 e. The van der Waals surface area contributed by atoms with E-state index in [0.29, 0.717) is 5.75 Å². The van der Waals surface area contributed by atoms with Gasteiger partial charge in [-0.15, -0.1) is 0 Å². The molecule has 1 nitrogen and oxygen atoms in total. The molecule has 0 aliphatic heterocycles. The summed E-state index contributed by atoms with van der Waals surface area (Å²) in [7, 11) is 0. The van der Waals surface area contributed by atoms with E-state index in [9.17, 15) is 5.11 Å². The van der Waals surface area contributed by atoms with Crippen LogP contribution < -0.4 is 0 Å². The Morgan fingerprint density at radius 1 is 0.667 bits per heavy atom. The summed E-state index contributed by atoms with van der Waals surface area (Å²) in [6.45, 7) is 8.95. The Morgan fingerprint density at radius 2 is 1.10 bits per heavy atom. The first-order valence-corrected chi connectivity index (χ1v) is 12.8. The van der Waals surface area contributed by atoms with Gasteiger partial charge >= 0.3 is 0 Å². The fraction of sp³-hybridized carbons (Fsp3) is 0.655. The summed E-state index contributed by atoms with van der Waals surface area (Å²) in [6, 6.07) is 11.8. The first-order chi connectivity index (χ1) is 14.6. The predicted molar refractivity (Wildman–Crippen MR) is 135 cm³/mol. The van der Waals surface area contributed by atoms with Crippen LogP contribution in [0.25, 0.3) is 10.8 Å². The van der Waals surface area contributed by atoms with E-state index in [1.807, 2.05) is 37.3 Å². The van der Waals surface area contributed by atoms with E-state index in [1.165, 1.54) is 95.3 Å². The number of hydrogen-bond donors (Lipinski definition) is 1. The maximum absolute atomic E-state index is 9.42. The molecule has 170 valence electrons. The topological polar surface area (TPSA) is 20.2 Å². The fourth-order valence-electron chi connectivity index (χ4n) is 4.03. The number of hydrogen-bond acceptors (Lipinski definition) is 1. The lowest BCUT2D eigenvalue weighted by molar-refractivity contribution is 0.432. The first-order valence-electron chi connectivity index (χ1n) is 12.8. The van der Waals surface area contributed by atoms with Crippen molar-refractivity contribution in [1.82, 2.24) is 0 Å². The molecule has 2 rings (SSSR count). The molecule has 2 aromatic carbocycles. The second-order valence-corrected chi connectivity index (χ2v) is 9.20. The maximum atomic E-state index is 9.42. The standard InChI is InChI=1S/C18H38.C11H10O/c1-4-6-8-10-11-13-15-17-18(3)16-14-12-9-7-5-2;1-8-6-9-4-2-3-5-10(9)7-11(8)12/h18H,4-17H2,1-3H3;2-7,12H,1H3. The molecule has 0 amide bonds. The average Bonchev–Trinajstić information content (AvgIpc) is 2.74. The first kappa shape index (κ1) is 26.5. The molecule has 0 fully saturated rings. The van der Waals surface area contributed by atoms with Crippen molar-refractivity contribution >= 4 is 10.8 Å². The van der Waals surface area contributed by atoms with Gasteiger partial charge in [0.25, 0.3) is 0 Å². The Balaban J connectivity index is 0.000000321. The molecule has 2 aromatic rings. The number of phenols is 1. The molecule has 1 N–H and O–H groups in total. The highest BCUT2D eigenvalue weighted by Crippen LogP contribution is 2.23. The van der Waals surface area contributed by atoms with Crippen LogP contribution in [-0.4, -0.2) is 5.11 Å². The Morgan fingerprint density at radius 3 is 1.60 bits per heavy atom. The minimum Gasteiger partial charge on any atom is -0.508 e. The fourth-order valence-corrected chi connectivity index (χ4v) is 4.03. The third kappa shape index (κ3) is 12.3. The number of rotatable bonds is 14. The number of aromatic hydroxyl groups is 1. The van der Waals surface area contributed by atoms with Crippen LogP contribution >= 0.6 is 0 Å². The van der Waals surface area contributed by atoms with Crippen LogP contribution in [0.3, 0.4) is 0 Å².